The monoisotopic (exact) mass is 218 g/mol. The molecule has 0 spiro atoms. The molecular formula is C9H14O6. The molecule has 5 unspecified atom stereocenters. The first-order valence-corrected chi connectivity index (χ1v) is 4.96. The summed E-state index contributed by atoms with van der Waals surface area (Å²) in [7, 11) is 0. The lowest BCUT2D eigenvalue weighted by atomic mass is 9.91. The molecule has 6 nitrogen and oxygen atoms in total. The van der Waals surface area contributed by atoms with Crippen molar-refractivity contribution in [3.8, 4) is 0 Å². The van der Waals surface area contributed by atoms with Crippen LogP contribution in [-0.2, 0) is 14.3 Å². The van der Waals surface area contributed by atoms with Gasteiger partial charge >= 0.3 is 5.97 Å². The molecule has 6 heteroatoms. The third-order valence-corrected chi connectivity index (χ3v) is 2.86. The van der Waals surface area contributed by atoms with E-state index in [0.717, 1.165) is 0 Å². The van der Waals surface area contributed by atoms with Crippen LogP contribution in [0.3, 0.4) is 0 Å². The fourth-order valence-electron chi connectivity index (χ4n) is 2.09. The fourth-order valence-corrected chi connectivity index (χ4v) is 2.09. The van der Waals surface area contributed by atoms with Crippen molar-refractivity contribution in [1.29, 1.82) is 0 Å². The van der Waals surface area contributed by atoms with Gasteiger partial charge in [0.2, 0.25) is 6.29 Å². The van der Waals surface area contributed by atoms with Gasteiger partial charge in [0, 0.05) is 18.8 Å². The number of rotatable bonds is 2. The summed E-state index contributed by atoms with van der Waals surface area (Å²) in [5.41, 5.74) is 0. The number of esters is 1. The van der Waals surface area contributed by atoms with Crippen molar-refractivity contribution < 1.29 is 29.6 Å². The van der Waals surface area contributed by atoms with Crippen LogP contribution in [0.1, 0.15) is 19.3 Å². The number of aliphatic hydroxyl groups excluding tert-OH is 3. The van der Waals surface area contributed by atoms with Crippen LogP contribution in [-0.4, -0.2) is 40.2 Å². The Morgan fingerprint density at radius 2 is 1.93 bits per heavy atom. The summed E-state index contributed by atoms with van der Waals surface area (Å²) in [4.78, 5) is 11.2. The van der Waals surface area contributed by atoms with Crippen molar-refractivity contribution >= 4 is 5.97 Å². The third-order valence-electron chi connectivity index (χ3n) is 2.86. The maximum absolute atomic E-state index is 11.2. The lowest BCUT2D eigenvalue weighted by Crippen LogP contribution is -2.20. The van der Waals surface area contributed by atoms with E-state index in [4.69, 9.17) is 14.9 Å². The molecule has 0 aromatic rings. The average molecular weight is 218 g/mol. The van der Waals surface area contributed by atoms with Gasteiger partial charge < -0.3 is 24.8 Å². The summed E-state index contributed by atoms with van der Waals surface area (Å²) in [6, 6.07) is 0. The van der Waals surface area contributed by atoms with Crippen molar-refractivity contribution in [3.05, 3.63) is 0 Å². The molecule has 0 saturated carbocycles. The van der Waals surface area contributed by atoms with Gasteiger partial charge in [-0.1, -0.05) is 0 Å². The molecule has 0 aliphatic carbocycles. The van der Waals surface area contributed by atoms with Gasteiger partial charge in [-0.05, 0) is 6.42 Å². The zero-order valence-electron chi connectivity index (χ0n) is 8.07. The second-order valence-corrected chi connectivity index (χ2v) is 4.04. The Morgan fingerprint density at radius 1 is 1.20 bits per heavy atom. The zero-order chi connectivity index (χ0) is 11.0. The first-order valence-electron chi connectivity index (χ1n) is 4.96. The first kappa shape index (κ1) is 10.8. The SMILES string of the molecule is O=C1OC(O)CC1CC1CC(O)OC1O. The molecule has 86 valence electrons. The summed E-state index contributed by atoms with van der Waals surface area (Å²) in [6.07, 6.45) is -2.11. The van der Waals surface area contributed by atoms with Crippen LogP contribution >= 0.6 is 0 Å². The Bertz CT molecular complexity index is 255. The van der Waals surface area contributed by atoms with Crippen molar-refractivity contribution in [3.63, 3.8) is 0 Å². The number of carbonyl (C=O) groups excluding carboxylic acids is 1. The van der Waals surface area contributed by atoms with Crippen molar-refractivity contribution in [2.24, 2.45) is 11.8 Å². The Kier molecular flexibility index (Phi) is 2.92. The highest BCUT2D eigenvalue weighted by molar-refractivity contribution is 5.74. The molecular weight excluding hydrogens is 204 g/mol. The highest BCUT2D eigenvalue weighted by Gasteiger charge is 2.40. The van der Waals surface area contributed by atoms with E-state index >= 15 is 0 Å². The van der Waals surface area contributed by atoms with Gasteiger partial charge in [-0.25, -0.2) is 0 Å². The third kappa shape index (κ3) is 2.28. The minimum absolute atomic E-state index is 0.248. The van der Waals surface area contributed by atoms with Crippen LogP contribution in [0.5, 0.6) is 0 Å². The molecule has 5 atom stereocenters. The van der Waals surface area contributed by atoms with Crippen molar-refractivity contribution in [2.75, 3.05) is 0 Å². The van der Waals surface area contributed by atoms with E-state index < -0.39 is 30.8 Å². The van der Waals surface area contributed by atoms with E-state index in [0.29, 0.717) is 12.8 Å². The summed E-state index contributed by atoms with van der Waals surface area (Å²) in [5.74, 6) is -1.13. The van der Waals surface area contributed by atoms with Gasteiger partial charge in [-0.3, -0.25) is 4.79 Å². The topological polar surface area (TPSA) is 96.2 Å². The molecule has 2 saturated heterocycles. The number of aliphatic hydroxyl groups is 3. The molecule has 2 heterocycles. The van der Waals surface area contributed by atoms with Gasteiger partial charge in [-0.15, -0.1) is 0 Å². The van der Waals surface area contributed by atoms with Crippen LogP contribution in [0.2, 0.25) is 0 Å². The number of hydrogen-bond donors (Lipinski definition) is 3. The minimum atomic E-state index is -1.04. The number of cyclic esters (lactones) is 1. The summed E-state index contributed by atoms with van der Waals surface area (Å²) < 4.78 is 9.32. The highest BCUT2D eigenvalue weighted by atomic mass is 16.7. The quantitative estimate of drug-likeness (QED) is 0.511. The molecule has 0 bridgehead atoms. The van der Waals surface area contributed by atoms with E-state index in [1.165, 1.54) is 0 Å². The molecule has 0 aromatic heterocycles. The van der Waals surface area contributed by atoms with Gasteiger partial charge in [0.05, 0.1) is 5.92 Å². The second kappa shape index (κ2) is 4.05. The lowest BCUT2D eigenvalue weighted by Gasteiger charge is -2.14. The second-order valence-electron chi connectivity index (χ2n) is 4.04. The molecule has 3 N–H and O–H groups in total. The predicted molar refractivity (Wildman–Crippen MR) is 46.0 cm³/mol. The van der Waals surface area contributed by atoms with E-state index in [1.54, 1.807) is 0 Å². The lowest BCUT2D eigenvalue weighted by molar-refractivity contribution is -0.169. The molecule has 0 amide bonds. The van der Waals surface area contributed by atoms with E-state index in [2.05, 4.69) is 4.74 Å². The smallest absolute Gasteiger partial charge is 0.311 e. The largest absolute Gasteiger partial charge is 0.436 e. The van der Waals surface area contributed by atoms with Crippen LogP contribution in [0.15, 0.2) is 0 Å². The Labute approximate surface area is 86.4 Å². The summed E-state index contributed by atoms with van der Waals surface area (Å²) in [6.45, 7) is 0. The van der Waals surface area contributed by atoms with E-state index in [1.807, 2.05) is 0 Å². The molecule has 0 aromatic carbocycles. The molecule has 15 heavy (non-hydrogen) atoms. The van der Waals surface area contributed by atoms with Crippen LogP contribution < -0.4 is 0 Å². The first-order chi connectivity index (χ1) is 7.06. The number of hydrogen-bond acceptors (Lipinski definition) is 6. The summed E-state index contributed by atoms with van der Waals surface area (Å²) >= 11 is 0. The zero-order valence-corrected chi connectivity index (χ0v) is 8.07. The molecule has 0 radical (unpaired) electrons. The van der Waals surface area contributed by atoms with E-state index in [9.17, 15) is 9.90 Å². The molecule has 2 aliphatic heterocycles. The van der Waals surface area contributed by atoms with Gasteiger partial charge in [0.15, 0.2) is 12.6 Å². The number of carbonyl (C=O) groups is 1. The maximum Gasteiger partial charge on any atom is 0.311 e. The number of ether oxygens (including phenoxy) is 2. The predicted octanol–water partition coefficient (Wildman–Crippen LogP) is -1.07. The highest BCUT2D eigenvalue weighted by Crippen LogP contribution is 2.33. The van der Waals surface area contributed by atoms with Crippen molar-refractivity contribution in [1.82, 2.24) is 0 Å². The molecule has 2 fully saturated rings. The Hall–Kier alpha value is -0.690. The summed E-state index contributed by atoms with van der Waals surface area (Å²) in [5, 5.41) is 27.6. The normalized spacial score (nSPS) is 45.8. The Morgan fingerprint density at radius 3 is 2.40 bits per heavy atom. The maximum atomic E-state index is 11.2. The minimum Gasteiger partial charge on any atom is -0.436 e. The standard InChI is InChI=1S/C9H14O6/c10-6-2-4(8(12)14-6)1-5-3-7(11)15-9(5)13/h4-8,10-12H,1-3H2. The van der Waals surface area contributed by atoms with Gasteiger partial charge in [0.25, 0.3) is 0 Å². The molecule has 2 aliphatic rings. The fraction of sp³-hybridized carbons (Fsp3) is 0.889. The van der Waals surface area contributed by atoms with Gasteiger partial charge in [-0.2, -0.15) is 0 Å². The van der Waals surface area contributed by atoms with Crippen LogP contribution in [0.4, 0.5) is 0 Å². The van der Waals surface area contributed by atoms with Crippen LogP contribution in [0, 0.1) is 11.8 Å². The average Bonchev–Trinajstić information content (AvgIpc) is 2.58. The van der Waals surface area contributed by atoms with Gasteiger partial charge in [0.1, 0.15) is 0 Å². The Balaban J connectivity index is 1.89. The van der Waals surface area contributed by atoms with E-state index in [-0.39, 0.29) is 12.3 Å². The van der Waals surface area contributed by atoms with Crippen LogP contribution in [0.25, 0.3) is 0 Å². The van der Waals surface area contributed by atoms with Crippen molar-refractivity contribution in [2.45, 2.75) is 38.1 Å². The molecule has 2 rings (SSSR count).